The number of benzene rings is 2. The fourth-order valence-corrected chi connectivity index (χ4v) is 3.52. The summed E-state index contributed by atoms with van der Waals surface area (Å²) in [5.41, 5.74) is 2.48. The molecule has 1 unspecified atom stereocenters. The average Bonchev–Trinajstić information content (AvgIpc) is 3.29. The Morgan fingerprint density at radius 2 is 1.88 bits per heavy atom. The van der Waals surface area contributed by atoms with Gasteiger partial charge in [0.1, 0.15) is 11.8 Å². The van der Waals surface area contributed by atoms with Crippen LogP contribution in [0.2, 0.25) is 0 Å². The van der Waals surface area contributed by atoms with Gasteiger partial charge >= 0.3 is 5.97 Å². The third-order valence-corrected chi connectivity index (χ3v) is 5.20. The number of carbonyl (C=O) groups is 4. The summed E-state index contributed by atoms with van der Waals surface area (Å²) >= 11 is 0. The van der Waals surface area contributed by atoms with Crippen molar-refractivity contribution in [2.75, 3.05) is 6.54 Å². The number of nitrogens with one attached hydrogen (secondary N) is 2. The van der Waals surface area contributed by atoms with Gasteiger partial charge in [0.15, 0.2) is 12.0 Å². The Bertz CT molecular complexity index is 1110. The van der Waals surface area contributed by atoms with Gasteiger partial charge in [-0.15, -0.1) is 0 Å². The second-order valence-electron chi connectivity index (χ2n) is 7.60. The number of amides is 2. The molecule has 0 fully saturated rings. The van der Waals surface area contributed by atoms with Gasteiger partial charge in [0.2, 0.25) is 5.91 Å². The van der Waals surface area contributed by atoms with Crippen LogP contribution in [0.1, 0.15) is 47.5 Å². The van der Waals surface area contributed by atoms with E-state index in [1.165, 1.54) is 6.39 Å². The van der Waals surface area contributed by atoms with Gasteiger partial charge in [-0.3, -0.25) is 14.4 Å². The van der Waals surface area contributed by atoms with E-state index in [1.54, 1.807) is 18.2 Å². The van der Waals surface area contributed by atoms with Crippen LogP contribution in [0.15, 0.2) is 59.3 Å². The van der Waals surface area contributed by atoms with E-state index >= 15 is 0 Å². The van der Waals surface area contributed by atoms with Crippen molar-refractivity contribution in [2.24, 2.45) is 0 Å². The molecule has 2 aromatic carbocycles. The number of hydrogen-bond acceptors (Lipinski definition) is 6. The van der Waals surface area contributed by atoms with Crippen LogP contribution in [0.4, 0.5) is 0 Å². The van der Waals surface area contributed by atoms with Crippen LogP contribution in [-0.4, -0.2) is 46.7 Å². The molecule has 0 aliphatic rings. The van der Waals surface area contributed by atoms with E-state index in [4.69, 9.17) is 9.52 Å². The Kier molecular flexibility index (Phi) is 8.29. The van der Waals surface area contributed by atoms with Gasteiger partial charge in [-0.2, -0.15) is 0 Å². The van der Waals surface area contributed by atoms with Gasteiger partial charge in [-0.25, -0.2) is 4.98 Å². The Labute approximate surface area is 190 Å². The normalized spacial score (nSPS) is 12.6. The Hall–Kier alpha value is -4.01. The monoisotopic (exact) mass is 451 g/mol. The first-order chi connectivity index (χ1) is 16.0. The summed E-state index contributed by atoms with van der Waals surface area (Å²) in [6, 6.07) is 13.0. The third kappa shape index (κ3) is 6.73. The molecule has 0 radical (unpaired) electrons. The lowest BCUT2D eigenvalue weighted by atomic mass is 9.92. The highest BCUT2D eigenvalue weighted by atomic mass is 16.4. The van der Waals surface area contributed by atoms with Gasteiger partial charge < -0.3 is 25.0 Å². The standard InChI is InChI=1S/C24H25N3O6/c28-14-18(13-22(29)30)27-24(32)19(16-6-2-1-3-7-16)8-4-5-11-25-23(31)17-9-10-21-20(12-17)26-15-33-21/h1-3,6-7,9-10,12,14-15,18-19H,4-5,8,11,13H2,(H,25,31)(H,27,32)(H,29,30)/t18-,19?/m0/s1. The maximum atomic E-state index is 12.8. The zero-order chi connectivity index (χ0) is 23.6. The number of hydrogen-bond donors (Lipinski definition) is 3. The van der Waals surface area contributed by atoms with Crippen molar-refractivity contribution in [2.45, 2.75) is 37.6 Å². The maximum Gasteiger partial charge on any atom is 0.305 e. The molecule has 0 spiro atoms. The lowest BCUT2D eigenvalue weighted by Crippen LogP contribution is -2.40. The summed E-state index contributed by atoms with van der Waals surface area (Å²) < 4.78 is 5.17. The first-order valence-corrected chi connectivity index (χ1v) is 10.6. The number of fused-ring (bicyclic) bond motifs is 1. The van der Waals surface area contributed by atoms with E-state index in [2.05, 4.69) is 15.6 Å². The van der Waals surface area contributed by atoms with Crippen molar-refractivity contribution in [3.05, 3.63) is 66.1 Å². The van der Waals surface area contributed by atoms with Crippen LogP contribution in [-0.2, 0) is 14.4 Å². The highest BCUT2D eigenvalue weighted by Crippen LogP contribution is 2.22. The van der Waals surface area contributed by atoms with Gasteiger partial charge in [-0.05, 0) is 36.6 Å². The number of aromatic nitrogens is 1. The van der Waals surface area contributed by atoms with Crippen molar-refractivity contribution >= 4 is 35.2 Å². The minimum absolute atomic E-state index is 0.222. The zero-order valence-electron chi connectivity index (χ0n) is 17.9. The molecule has 1 aromatic heterocycles. The Morgan fingerprint density at radius 1 is 1.09 bits per heavy atom. The average molecular weight is 451 g/mol. The van der Waals surface area contributed by atoms with E-state index in [-0.39, 0.29) is 5.91 Å². The van der Waals surface area contributed by atoms with Gasteiger partial charge in [-0.1, -0.05) is 36.8 Å². The first kappa shape index (κ1) is 23.6. The third-order valence-electron chi connectivity index (χ3n) is 5.20. The lowest BCUT2D eigenvalue weighted by molar-refractivity contribution is -0.138. The predicted octanol–water partition coefficient (Wildman–Crippen LogP) is 2.67. The summed E-state index contributed by atoms with van der Waals surface area (Å²) in [5.74, 6) is -2.32. The Balaban J connectivity index is 1.52. The molecule has 9 nitrogen and oxygen atoms in total. The van der Waals surface area contributed by atoms with E-state index in [0.717, 1.165) is 5.56 Å². The summed E-state index contributed by atoms with van der Waals surface area (Å²) in [5, 5.41) is 14.3. The molecule has 9 heteroatoms. The molecule has 2 atom stereocenters. The highest BCUT2D eigenvalue weighted by Gasteiger charge is 2.24. The van der Waals surface area contributed by atoms with E-state index < -0.39 is 30.3 Å². The topological polar surface area (TPSA) is 139 Å². The van der Waals surface area contributed by atoms with E-state index in [1.807, 2.05) is 30.3 Å². The molecule has 0 bridgehead atoms. The fraction of sp³-hybridized carbons (Fsp3) is 0.292. The molecule has 33 heavy (non-hydrogen) atoms. The first-order valence-electron chi connectivity index (χ1n) is 10.6. The molecule has 172 valence electrons. The van der Waals surface area contributed by atoms with Crippen molar-refractivity contribution in [3.63, 3.8) is 0 Å². The molecular formula is C24H25N3O6. The number of oxazole rings is 1. The minimum Gasteiger partial charge on any atom is -0.481 e. The number of carbonyl (C=O) groups excluding carboxylic acids is 3. The maximum absolute atomic E-state index is 12.8. The molecule has 1 heterocycles. The number of nitrogens with zero attached hydrogens (tertiary/aromatic N) is 1. The molecular weight excluding hydrogens is 426 g/mol. The summed E-state index contributed by atoms with van der Waals surface area (Å²) in [7, 11) is 0. The van der Waals surface area contributed by atoms with Crippen LogP contribution in [0.3, 0.4) is 0 Å². The summed E-state index contributed by atoms with van der Waals surface area (Å²) in [6.07, 6.45) is 3.05. The number of carboxylic acids is 1. The molecule has 3 aromatic rings. The predicted molar refractivity (Wildman–Crippen MR) is 120 cm³/mol. The summed E-state index contributed by atoms with van der Waals surface area (Å²) in [6.45, 7) is 0.425. The molecule has 0 aliphatic carbocycles. The van der Waals surface area contributed by atoms with Crippen molar-refractivity contribution in [1.29, 1.82) is 0 Å². The number of aldehydes is 1. The van der Waals surface area contributed by atoms with Crippen LogP contribution >= 0.6 is 0 Å². The summed E-state index contributed by atoms with van der Waals surface area (Å²) in [4.78, 5) is 51.2. The highest BCUT2D eigenvalue weighted by molar-refractivity contribution is 5.97. The molecule has 3 rings (SSSR count). The van der Waals surface area contributed by atoms with Crippen LogP contribution < -0.4 is 10.6 Å². The number of carboxylic acid groups (broad SMARTS) is 1. The van der Waals surface area contributed by atoms with Gasteiger partial charge in [0.05, 0.1) is 18.4 Å². The van der Waals surface area contributed by atoms with Gasteiger partial charge in [0, 0.05) is 12.1 Å². The van der Waals surface area contributed by atoms with Crippen LogP contribution in [0.25, 0.3) is 11.1 Å². The zero-order valence-corrected chi connectivity index (χ0v) is 17.9. The van der Waals surface area contributed by atoms with Crippen molar-refractivity contribution < 1.29 is 28.7 Å². The van der Waals surface area contributed by atoms with Crippen molar-refractivity contribution in [1.82, 2.24) is 15.6 Å². The minimum atomic E-state index is -1.16. The SMILES string of the molecule is O=C[C@H](CC(=O)O)NC(=O)C(CCCCNC(=O)c1ccc2ocnc2c1)c1ccccc1. The Morgan fingerprint density at radius 3 is 2.61 bits per heavy atom. The molecule has 0 saturated heterocycles. The van der Waals surface area contributed by atoms with E-state index in [0.29, 0.717) is 48.8 Å². The molecule has 2 amide bonds. The molecule has 0 saturated carbocycles. The smallest absolute Gasteiger partial charge is 0.305 e. The van der Waals surface area contributed by atoms with Gasteiger partial charge in [0.25, 0.3) is 5.91 Å². The quantitative estimate of drug-likeness (QED) is 0.284. The largest absolute Gasteiger partial charge is 0.481 e. The number of aliphatic carboxylic acids is 1. The fourth-order valence-electron chi connectivity index (χ4n) is 3.52. The van der Waals surface area contributed by atoms with Crippen LogP contribution in [0.5, 0.6) is 0 Å². The number of unbranched alkanes of at least 4 members (excludes halogenated alkanes) is 1. The molecule has 0 aliphatic heterocycles. The molecule has 3 N–H and O–H groups in total. The van der Waals surface area contributed by atoms with Crippen LogP contribution in [0, 0.1) is 0 Å². The second kappa shape index (κ2) is 11.6. The van der Waals surface area contributed by atoms with Crippen molar-refractivity contribution in [3.8, 4) is 0 Å². The second-order valence-corrected chi connectivity index (χ2v) is 7.60. The van der Waals surface area contributed by atoms with E-state index in [9.17, 15) is 19.2 Å². The number of rotatable bonds is 12. The lowest BCUT2D eigenvalue weighted by Gasteiger charge is -2.19.